The molecule has 0 saturated heterocycles. The molecule has 5 heteroatoms. The highest BCUT2D eigenvalue weighted by Crippen LogP contribution is 2.26. The minimum Gasteiger partial charge on any atom is -0.487 e. The van der Waals surface area contributed by atoms with Crippen molar-refractivity contribution in [2.45, 2.75) is 6.61 Å². The highest BCUT2D eigenvalue weighted by Gasteiger charge is 2.09. The van der Waals surface area contributed by atoms with E-state index in [1.165, 1.54) is 7.11 Å². The Morgan fingerprint density at radius 1 is 1.18 bits per heavy atom. The molecule has 0 saturated carbocycles. The van der Waals surface area contributed by atoms with Crippen LogP contribution >= 0.6 is 0 Å². The molecule has 114 valence electrons. The first-order valence-electron chi connectivity index (χ1n) is 6.77. The number of rotatable bonds is 7. The summed E-state index contributed by atoms with van der Waals surface area (Å²) >= 11 is 0. The quantitative estimate of drug-likeness (QED) is 0.798. The number of amides is 1. The van der Waals surface area contributed by atoms with E-state index < -0.39 is 0 Å². The number of ether oxygens (including phenoxy) is 2. The third-order valence-corrected chi connectivity index (χ3v) is 2.93. The Balaban J connectivity index is 2.14. The van der Waals surface area contributed by atoms with E-state index in [4.69, 9.17) is 9.47 Å². The summed E-state index contributed by atoms with van der Waals surface area (Å²) in [5, 5.41) is 2.67. The Labute approximate surface area is 128 Å². The van der Waals surface area contributed by atoms with E-state index in [1.807, 2.05) is 30.3 Å². The molecule has 0 fully saturated rings. The zero-order chi connectivity index (χ0) is 15.8. The molecule has 0 bridgehead atoms. The van der Waals surface area contributed by atoms with E-state index in [0.29, 0.717) is 29.9 Å². The Kier molecular flexibility index (Phi) is 5.68. The second kappa shape index (κ2) is 7.95. The van der Waals surface area contributed by atoms with Crippen molar-refractivity contribution in [1.29, 1.82) is 0 Å². The van der Waals surface area contributed by atoms with Gasteiger partial charge in [0.05, 0.1) is 5.69 Å². The minimum absolute atomic E-state index is 0.0660. The van der Waals surface area contributed by atoms with Crippen LogP contribution in [0, 0.1) is 0 Å². The molecule has 0 aliphatic carbocycles. The van der Waals surface area contributed by atoms with E-state index >= 15 is 0 Å². The van der Waals surface area contributed by atoms with Crippen LogP contribution in [0.3, 0.4) is 0 Å². The molecule has 1 amide bonds. The molecule has 1 N–H and O–H groups in total. The summed E-state index contributed by atoms with van der Waals surface area (Å²) in [6.07, 6.45) is 0.715. The van der Waals surface area contributed by atoms with Crippen molar-refractivity contribution in [1.82, 2.24) is 0 Å². The maximum Gasteiger partial charge on any atom is 0.250 e. The fraction of sp³-hybridized carbons (Fsp3) is 0.176. The van der Waals surface area contributed by atoms with Gasteiger partial charge in [0.1, 0.15) is 25.2 Å². The van der Waals surface area contributed by atoms with Gasteiger partial charge in [0, 0.05) is 12.7 Å². The van der Waals surface area contributed by atoms with E-state index in [-0.39, 0.29) is 12.5 Å². The fourth-order valence-corrected chi connectivity index (χ4v) is 1.90. The van der Waals surface area contributed by atoms with E-state index in [2.05, 4.69) is 5.32 Å². The average Bonchev–Trinajstić information content (AvgIpc) is 2.54. The van der Waals surface area contributed by atoms with Gasteiger partial charge in [-0.1, -0.05) is 30.3 Å². The lowest BCUT2D eigenvalue weighted by molar-refractivity contribution is -0.119. The van der Waals surface area contributed by atoms with E-state index in [1.54, 1.807) is 18.2 Å². The molecule has 2 rings (SSSR count). The molecule has 0 heterocycles. The molecule has 22 heavy (non-hydrogen) atoms. The number of aldehydes is 1. The summed E-state index contributed by atoms with van der Waals surface area (Å²) < 4.78 is 10.5. The molecular weight excluding hydrogens is 282 g/mol. The standard InChI is InChI=1S/C17H17NO4/c1-21-12-17(20)18-15-9-14(10-19)7-8-16(15)22-11-13-5-3-2-4-6-13/h2-10H,11-12H2,1H3,(H,18,20). The molecular formula is C17H17NO4. The van der Waals surface area contributed by atoms with Crippen LogP contribution in [0.2, 0.25) is 0 Å². The predicted octanol–water partition coefficient (Wildman–Crippen LogP) is 2.66. The first kappa shape index (κ1) is 15.7. The maximum absolute atomic E-state index is 11.7. The summed E-state index contributed by atoms with van der Waals surface area (Å²) in [6.45, 7) is 0.303. The summed E-state index contributed by atoms with van der Waals surface area (Å²) in [5.41, 5.74) is 1.92. The Morgan fingerprint density at radius 2 is 1.95 bits per heavy atom. The zero-order valence-electron chi connectivity index (χ0n) is 12.2. The number of benzene rings is 2. The van der Waals surface area contributed by atoms with Crippen molar-refractivity contribution >= 4 is 17.9 Å². The second-order valence-corrected chi connectivity index (χ2v) is 4.63. The van der Waals surface area contributed by atoms with Crippen LogP contribution in [0.15, 0.2) is 48.5 Å². The van der Waals surface area contributed by atoms with Crippen molar-refractivity contribution in [3.05, 3.63) is 59.7 Å². The van der Waals surface area contributed by atoms with Gasteiger partial charge in [-0.3, -0.25) is 9.59 Å². The third-order valence-electron chi connectivity index (χ3n) is 2.93. The fourth-order valence-electron chi connectivity index (χ4n) is 1.90. The molecule has 0 aliphatic heterocycles. The number of anilines is 1. The number of nitrogens with one attached hydrogen (secondary N) is 1. The molecule has 2 aromatic carbocycles. The first-order valence-corrected chi connectivity index (χ1v) is 6.77. The number of hydrogen-bond acceptors (Lipinski definition) is 4. The number of carbonyl (C=O) groups excluding carboxylic acids is 2. The Morgan fingerprint density at radius 3 is 2.64 bits per heavy atom. The molecule has 2 aromatic rings. The highest BCUT2D eigenvalue weighted by atomic mass is 16.5. The largest absolute Gasteiger partial charge is 0.487 e. The lowest BCUT2D eigenvalue weighted by atomic mass is 10.2. The normalized spacial score (nSPS) is 10.0. The summed E-state index contributed by atoms with van der Waals surface area (Å²) in [5.74, 6) is 0.189. The number of methoxy groups -OCH3 is 1. The number of carbonyl (C=O) groups is 2. The van der Waals surface area contributed by atoms with Gasteiger partial charge in [0.25, 0.3) is 0 Å². The van der Waals surface area contributed by atoms with Crippen LogP contribution in [0.5, 0.6) is 5.75 Å². The lowest BCUT2D eigenvalue weighted by Crippen LogP contribution is -2.18. The van der Waals surface area contributed by atoms with E-state index in [9.17, 15) is 9.59 Å². The van der Waals surface area contributed by atoms with Crippen molar-refractivity contribution < 1.29 is 19.1 Å². The lowest BCUT2D eigenvalue weighted by Gasteiger charge is -2.13. The second-order valence-electron chi connectivity index (χ2n) is 4.63. The van der Waals surface area contributed by atoms with Gasteiger partial charge in [0.15, 0.2) is 0 Å². The van der Waals surface area contributed by atoms with Crippen molar-refractivity contribution in [3.8, 4) is 5.75 Å². The minimum atomic E-state index is -0.310. The highest BCUT2D eigenvalue weighted by molar-refractivity contribution is 5.94. The molecule has 0 spiro atoms. The predicted molar refractivity (Wildman–Crippen MR) is 83.1 cm³/mol. The van der Waals surface area contributed by atoms with Crippen LogP contribution < -0.4 is 10.1 Å². The van der Waals surface area contributed by atoms with Gasteiger partial charge in [-0.25, -0.2) is 0 Å². The molecule has 0 aromatic heterocycles. The Bertz CT molecular complexity index is 640. The van der Waals surface area contributed by atoms with Gasteiger partial charge in [0.2, 0.25) is 5.91 Å². The van der Waals surface area contributed by atoms with Crippen LogP contribution in [-0.2, 0) is 16.1 Å². The van der Waals surface area contributed by atoms with E-state index in [0.717, 1.165) is 5.56 Å². The summed E-state index contributed by atoms with van der Waals surface area (Å²) in [6, 6.07) is 14.5. The van der Waals surface area contributed by atoms with Gasteiger partial charge >= 0.3 is 0 Å². The van der Waals surface area contributed by atoms with Crippen molar-refractivity contribution in [3.63, 3.8) is 0 Å². The van der Waals surface area contributed by atoms with Gasteiger partial charge in [-0.15, -0.1) is 0 Å². The van der Waals surface area contributed by atoms with Gasteiger partial charge in [-0.05, 0) is 23.8 Å². The van der Waals surface area contributed by atoms with Crippen LogP contribution in [0.4, 0.5) is 5.69 Å². The maximum atomic E-state index is 11.7. The zero-order valence-corrected chi connectivity index (χ0v) is 12.2. The molecule has 5 nitrogen and oxygen atoms in total. The summed E-state index contributed by atoms with van der Waals surface area (Å²) in [7, 11) is 1.44. The SMILES string of the molecule is COCC(=O)Nc1cc(C=O)ccc1OCc1ccccc1. The first-order chi connectivity index (χ1) is 10.7. The van der Waals surface area contributed by atoms with Crippen LogP contribution in [0.1, 0.15) is 15.9 Å². The van der Waals surface area contributed by atoms with Crippen molar-refractivity contribution in [2.24, 2.45) is 0 Å². The molecule has 0 aliphatic rings. The smallest absolute Gasteiger partial charge is 0.250 e. The Hall–Kier alpha value is -2.66. The monoisotopic (exact) mass is 299 g/mol. The van der Waals surface area contributed by atoms with Gasteiger partial charge in [-0.2, -0.15) is 0 Å². The van der Waals surface area contributed by atoms with Gasteiger partial charge < -0.3 is 14.8 Å². The van der Waals surface area contributed by atoms with Crippen LogP contribution in [-0.4, -0.2) is 25.9 Å². The molecule has 0 radical (unpaired) electrons. The third kappa shape index (κ3) is 4.43. The van der Waals surface area contributed by atoms with Crippen LogP contribution in [0.25, 0.3) is 0 Å². The number of hydrogen-bond donors (Lipinski definition) is 1. The summed E-state index contributed by atoms with van der Waals surface area (Å²) in [4.78, 5) is 22.5. The average molecular weight is 299 g/mol. The molecule has 0 atom stereocenters. The topological polar surface area (TPSA) is 64.6 Å². The molecule has 0 unspecified atom stereocenters. The van der Waals surface area contributed by atoms with Crippen molar-refractivity contribution in [2.75, 3.05) is 19.0 Å².